The van der Waals surface area contributed by atoms with E-state index in [-0.39, 0.29) is 4.90 Å². The Balaban J connectivity index is 3.22. The first kappa shape index (κ1) is 15.3. The topological polar surface area (TPSA) is 78.5 Å². The highest BCUT2D eigenvalue weighted by Crippen LogP contribution is 2.34. The smallest absolute Gasteiger partial charge is 0.317 e. The number of carbonyl (C=O) groups excluding carboxylic acids is 3. The highest BCUT2D eigenvalue weighted by Gasteiger charge is 2.68. The van der Waals surface area contributed by atoms with Gasteiger partial charge < -0.3 is 5.32 Å². The van der Waals surface area contributed by atoms with Crippen molar-refractivity contribution in [2.45, 2.75) is 32.6 Å². The van der Waals surface area contributed by atoms with Gasteiger partial charge in [0, 0.05) is 12.5 Å². The van der Waals surface area contributed by atoms with Crippen molar-refractivity contribution in [3.05, 3.63) is 0 Å². The molecule has 1 heterocycles. The first-order chi connectivity index (χ1) is 8.33. The third-order valence-corrected chi connectivity index (χ3v) is 2.63. The van der Waals surface area contributed by atoms with Crippen molar-refractivity contribution in [2.24, 2.45) is 5.41 Å². The van der Waals surface area contributed by atoms with Gasteiger partial charge in [0.15, 0.2) is 0 Å². The van der Waals surface area contributed by atoms with Crippen molar-refractivity contribution in [1.82, 2.24) is 15.5 Å². The summed E-state index contributed by atoms with van der Waals surface area (Å²) in [5.74, 6) is -2.57. The molecule has 1 aliphatic heterocycles. The Morgan fingerprint density at radius 1 is 1.26 bits per heavy atom. The first-order valence-electron chi connectivity index (χ1n) is 5.32. The predicted octanol–water partition coefficient (Wildman–Crippen LogP) is 0.589. The number of alkyl halides is 3. The van der Waals surface area contributed by atoms with Gasteiger partial charge in [-0.15, -0.1) is 0 Å². The number of rotatable bonds is 1. The van der Waals surface area contributed by atoms with Crippen LogP contribution in [0.2, 0.25) is 0 Å². The van der Waals surface area contributed by atoms with Crippen LogP contribution in [0.5, 0.6) is 0 Å². The third-order valence-electron chi connectivity index (χ3n) is 2.63. The lowest BCUT2D eigenvalue weighted by atomic mass is 9.94. The second-order valence-corrected chi connectivity index (χ2v) is 5.25. The zero-order valence-electron chi connectivity index (χ0n) is 10.8. The number of urea groups is 1. The largest absolute Gasteiger partial charge is 0.440 e. The van der Waals surface area contributed by atoms with Gasteiger partial charge in [-0.1, -0.05) is 20.8 Å². The third kappa shape index (κ3) is 2.36. The molecular weight excluding hydrogens is 267 g/mol. The molecule has 0 aliphatic carbocycles. The molecule has 1 saturated heterocycles. The van der Waals surface area contributed by atoms with Crippen LogP contribution < -0.4 is 10.6 Å². The highest BCUT2D eigenvalue weighted by molar-refractivity contribution is 6.08. The number of halogens is 3. The Morgan fingerprint density at radius 3 is 2.00 bits per heavy atom. The Bertz CT molecular complexity index is 442. The van der Waals surface area contributed by atoms with Crippen molar-refractivity contribution >= 4 is 17.8 Å². The number of likely N-dealkylation sites (N-methyl/N-ethyl adjacent to an activating group) is 1. The van der Waals surface area contributed by atoms with Crippen molar-refractivity contribution in [2.75, 3.05) is 7.05 Å². The average Bonchev–Trinajstić information content (AvgIpc) is 2.42. The minimum absolute atomic E-state index is 0.274. The fourth-order valence-electron chi connectivity index (χ4n) is 1.35. The molecule has 0 bridgehead atoms. The van der Waals surface area contributed by atoms with Gasteiger partial charge in [-0.2, -0.15) is 13.2 Å². The Kier molecular flexibility index (Phi) is 3.30. The fourth-order valence-corrected chi connectivity index (χ4v) is 1.35. The molecule has 0 unspecified atom stereocenters. The van der Waals surface area contributed by atoms with Crippen LogP contribution in [-0.2, 0) is 9.59 Å². The van der Waals surface area contributed by atoms with E-state index < -0.39 is 35.1 Å². The van der Waals surface area contributed by atoms with Crippen LogP contribution in [-0.4, -0.2) is 41.6 Å². The quantitative estimate of drug-likeness (QED) is 0.690. The molecule has 1 atom stereocenters. The van der Waals surface area contributed by atoms with E-state index >= 15 is 0 Å². The van der Waals surface area contributed by atoms with Crippen LogP contribution >= 0.6 is 0 Å². The Labute approximate surface area is 107 Å². The summed E-state index contributed by atoms with van der Waals surface area (Å²) in [4.78, 5) is 34.8. The maximum Gasteiger partial charge on any atom is 0.440 e. The van der Waals surface area contributed by atoms with E-state index in [9.17, 15) is 27.6 Å². The van der Waals surface area contributed by atoms with Crippen LogP contribution in [0.4, 0.5) is 18.0 Å². The van der Waals surface area contributed by atoms with Gasteiger partial charge in [-0.05, 0) is 0 Å². The molecule has 1 rings (SSSR count). The zero-order valence-corrected chi connectivity index (χ0v) is 10.8. The van der Waals surface area contributed by atoms with E-state index in [0.29, 0.717) is 0 Å². The number of nitrogens with zero attached hydrogens (tertiary/aromatic N) is 1. The van der Waals surface area contributed by atoms with Gasteiger partial charge in [0.25, 0.3) is 11.6 Å². The fraction of sp³-hybridized carbons (Fsp3) is 0.700. The molecule has 6 nitrogen and oxygen atoms in total. The molecule has 108 valence electrons. The molecule has 0 aromatic carbocycles. The highest BCUT2D eigenvalue weighted by atomic mass is 19.4. The maximum atomic E-state index is 13.1. The molecule has 0 spiro atoms. The van der Waals surface area contributed by atoms with E-state index in [2.05, 4.69) is 0 Å². The van der Waals surface area contributed by atoms with E-state index in [0.717, 1.165) is 7.05 Å². The number of amides is 4. The van der Waals surface area contributed by atoms with Crippen molar-refractivity contribution in [3.63, 3.8) is 0 Å². The molecule has 4 amide bonds. The van der Waals surface area contributed by atoms with Gasteiger partial charge in [0.05, 0.1) is 0 Å². The van der Waals surface area contributed by atoms with Gasteiger partial charge in [-0.25, -0.2) is 4.79 Å². The Morgan fingerprint density at radius 2 is 1.74 bits per heavy atom. The summed E-state index contributed by atoms with van der Waals surface area (Å²) in [7, 11) is 0.897. The van der Waals surface area contributed by atoms with Crippen LogP contribution in [0.3, 0.4) is 0 Å². The summed E-state index contributed by atoms with van der Waals surface area (Å²) in [5.41, 5.74) is -4.55. The van der Waals surface area contributed by atoms with Gasteiger partial charge in [0.2, 0.25) is 5.91 Å². The summed E-state index contributed by atoms with van der Waals surface area (Å²) in [6, 6.07) is -1.23. The number of hydrogen-bond donors (Lipinski definition) is 2. The van der Waals surface area contributed by atoms with E-state index in [1.165, 1.54) is 26.1 Å². The molecule has 0 radical (unpaired) electrons. The van der Waals surface area contributed by atoms with Crippen LogP contribution in [0.15, 0.2) is 0 Å². The Hall–Kier alpha value is -1.80. The average molecular weight is 281 g/mol. The minimum atomic E-state index is -5.15. The lowest BCUT2D eigenvalue weighted by Gasteiger charge is -2.32. The zero-order chi connectivity index (χ0) is 15.2. The normalized spacial score (nSPS) is 24.5. The lowest BCUT2D eigenvalue weighted by molar-refractivity contribution is -0.205. The predicted molar refractivity (Wildman–Crippen MR) is 57.7 cm³/mol. The second kappa shape index (κ2) is 4.10. The van der Waals surface area contributed by atoms with Crippen molar-refractivity contribution < 1.29 is 27.6 Å². The van der Waals surface area contributed by atoms with Gasteiger partial charge in [0.1, 0.15) is 0 Å². The van der Waals surface area contributed by atoms with Gasteiger partial charge >= 0.3 is 12.2 Å². The number of imide groups is 1. The van der Waals surface area contributed by atoms with Crippen LogP contribution in [0.1, 0.15) is 20.8 Å². The summed E-state index contributed by atoms with van der Waals surface area (Å²) >= 11 is 0. The van der Waals surface area contributed by atoms with Crippen LogP contribution in [0, 0.1) is 5.41 Å². The summed E-state index contributed by atoms with van der Waals surface area (Å²) in [6.07, 6.45) is -5.15. The first-order valence-corrected chi connectivity index (χ1v) is 5.32. The van der Waals surface area contributed by atoms with E-state index in [1.807, 2.05) is 0 Å². The lowest BCUT2D eigenvalue weighted by Crippen LogP contribution is -2.70. The van der Waals surface area contributed by atoms with Crippen molar-refractivity contribution in [3.8, 4) is 0 Å². The molecule has 0 aromatic rings. The molecule has 0 saturated carbocycles. The van der Waals surface area contributed by atoms with E-state index in [1.54, 1.807) is 5.32 Å². The molecular formula is C10H14F3N3O3. The SMILES string of the molecule is CN1C(=O)N[C@](NC(=O)C(C)(C)C)(C(F)(F)F)C1=O. The monoisotopic (exact) mass is 281 g/mol. The molecule has 1 aliphatic rings. The molecule has 9 heteroatoms. The molecule has 19 heavy (non-hydrogen) atoms. The van der Waals surface area contributed by atoms with E-state index in [4.69, 9.17) is 0 Å². The van der Waals surface area contributed by atoms with Crippen LogP contribution in [0.25, 0.3) is 0 Å². The minimum Gasteiger partial charge on any atom is -0.317 e. The maximum absolute atomic E-state index is 13.1. The summed E-state index contributed by atoms with van der Waals surface area (Å²) in [5, 5.41) is 3.09. The summed E-state index contributed by atoms with van der Waals surface area (Å²) in [6.45, 7) is 4.16. The number of hydrogen-bond acceptors (Lipinski definition) is 3. The summed E-state index contributed by atoms with van der Waals surface area (Å²) < 4.78 is 39.3. The molecule has 1 fully saturated rings. The number of carbonyl (C=O) groups is 3. The van der Waals surface area contributed by atoms with Gasteiger partial charge in [-0.3, -0.25) is 19.8 Å². The molecule has 2 N–H and O–H groups in total. The second-order valence-electron chi connectivity index (χ2n) is 5.25. The molecule has 0 aromatic heterocycles. The number of nitrogens with one attached hydrogen (secondary N) is 2. The van der Waals surface area contributed by atoms with Crippen molar-refractivity contribution in [1.29, 1.82) is 0 Å². The standard InChI is InChI=1S/C10H14F3N3O3/c1-8(2,3)5(17)14-9(10(11,12)13)6(18)16(4)7(19)15-9/h1-4H3,(H,14,17)(H,15,19)/t9-/m0/s1.